The topological polar surface area (TPSA) is 76.2 Å². The van der Waals surface area contributed by atoms with Crippen LogP contribution in [0.15, 0.2) is 30.5 Å². The van der Waals surface area contributed by atoms with Crippen LogP contribution in [0.3, 0.4) is 0 Å². The summed E-state index contributed by atoms with van der Waals surface area (Å²) >= 11 is 1.16. The highest BCUT2D eigenvalue weighted by molar-refractivity contribution is 7.16. The van der Waals surface area contributed by atoms with Gasteiger partial charge in [-0.2, -0.15) is 0 Å². The molecule has 1 aromatic carbocycles. The molecule has 3 N–H and O–H groups in total. The number of hydrogen-bond donors (Lipinski definition) is 2. The standard InChI is InChI=1S/C12H12N2O2S/c1-7(13)8-3-2-4-9(5-8)11-14-6-10(17-11)12(15)16/h2-7H,13H2,1H3,(H,15,16)/t7-/m1/s1. The Kier molecular flexibility index (Phi) is 3.21. The second-order valence-electron chi connectivity index (χ2n) is 3.75. The van der Waals surface area contributed by atoms with Crippen LogP contribution in [0.25, 0.3) is 10.6 Å². The molecule has 0 aliphatic heterocycles. The number of aromatic carboxylic acids is 1. The summed E-state index contributed by atoms with van der Waals surface area (Å²) < 4.78 is 0. The molecule has 0 saturated carbocycles. The maximum atomic E-state index is 10.8. The van der Waals surface area contributed by atoms with Gasteiger partial charge in [0.1, 0.15) is 9.88 Å². The molecule has 0 bridgehead atoms. The maximum Gasteiger partial charge on any atom is 0.347 e. The Morgan fingerprint density at radius 3 is 2.88 bits per heavy atom. The molecule has 0 amide bonds. The van der Waals surface area contributed by atoms with Gasteiger partial charge in [-0.25, -0.2) is 9.78 Å². The molecule has 4 nitrogen and oxygen atoms in total. The normalized spacial score (nSPS) is 12.4. The zero-order valence-electron chi connectivity index (χ0n) is 9.25. The predicted molar refractivity (Wildman–Crippen MR) is 67.1 cm³/mol. The molecular formula is C12H12N2O2S. The van der Waals surface area contributed by atoms with E-state index >= 15 is 0 Å². The van der Waals surface area contributed by atoms with E-state index in [1.54, 1.807) is 0 Å². The average molecular weight is 248 g/mol. The van der Waals surface area contributed by atoms with Gasteiger partial charge in [-0.3, -0.25) is 0 Å². The summed E-state index contributed by atoms with van der Waals surface area (Å²) in [5.74, 6) is -0.947. The number of thiazole rings is 1. The van der Waals surface area contributed by atoms with E-state index in [0.29, 0.717) is 5.01 Å². The Bertz CT molecular complexity index is 549. The fourth-order valence-corrected chi connectivity index (χ4v) is 2.21. The SMILES string of the molecule is C[C@@H](N)c1cccc(-c2ncc(C(=O)O)s2)c1. The largest absolute Gasteiger partial charge is 0.477 e. The third-order valence-electron chi connectivity index (χ3n) is 2.38. The number of rotatable bonds is 3. The minimum atomic E-state index is -0.947. The average Bonchev–Trinajstić information content (AvgIpc) is 2.78. The van der Waals surface area contributed by atoms with Crippen LogP contribution in [0.4, 0.5) is 0 Å². The zero-order valence-corrected chi connectivity index (χ0v) is 10.1. The van der Waals surface area contributed by atoms with E-state index in [0.717, 1.165) is 22.5 Å². The summed E-state index contributed by atoms with van der Waals surface area (Å²) in [5.41, 5.74) is 7.71. The van der Waals surface area contributed by atoms with Gasteiger partial charge < -0.3 is 10.8 Å². The number of nitrogens with zero attached hydrogens (tertiary/aromatic N) is 1. The lowest BCUT2D eigenvalue weighted by molar-refractivity contribution is 0.0702. The second kappa shape index (κ2) is 4.65. The molecule has 1 heterocycles. The third kappa shape index (κ3) is 2.51. The number of nitrogens with two attached hydrogens (primary N) is 1. The van der Waals surface area contributed by atoms with E-state index < -0.39 is 5.97 Å². The molecule has 88 valence electrons. The Morgan fingerprint density at radius 2 is 2.29 bits per heavy atom. The van der Waals surface area contributed by atoms with Crippen LogP contribution < -0.4 is 5.73 Å². The highest BCUT2D eigenvalue weighted by Crippen LogP contribution is 2.26. The van der Waals surface area contributed by atoms with Crippen molar-refractivity contribution in [1.82, 2.24) is 4.98 Å². The molecular weight excluding hydrogens is 236 g/mol. The molecule has 0 spiro atoms. The molecule has 0 saturated heterocycles. The lowest BCUT2D eigenvalue weighted by atomic mass is 10.1. The molecule has 0 aliphatic carbocycles. The van der Waals surface area contributed by atoms with Gasteiger partial charge in [0.15, 0.2) is 0 Å². The minimum absolute atomic E-state index is 0.0474. The predicted octanol–water partition coefficient (Wildman–Crippen LogP) is 2.53. The summed E-state index contributed by atoms with van der Waals surface area (Å²) in [6.07, 6.45) is 1.38. The van der Waals surface area contributed by atoms with Crippen LogP contribution in [0.5, 0.6) is 0 Å². The fourth-order valence-electron chi connectivity index (χ4n) is 1.46. The molecule has 1 aromatic heterocycles. The number of hydrogen-bond acceptors (Lipinski definition) is 4. The summed E-state index contributed by atoms with van der Waals surface area (Å²) in [4.78, 5) is 15.1. The lowest BCUT2D eigenvalue weighted by Crippen LogP contribution is -2.04. The molecule has 5 heteroatoms. The molecule has 0 fully saturated rings. The van der Waals surface area contributed by atoms with Crippen molar-refractivity contribution >= 4 is 17.3 Å². The number of benzene rings is 1. The van der Waals surface area contributed by atoms with Crippen LogP contribution >= 0.6 is 11.3 Å². The molecule has 17 heavy (non-hydrogen) atoms. The van der Waals surface area contributed by atoms with Gasteiger partial charge >= 0.3 is 5.97 Å². The molecule has 2 rings (SSSR count). The van der Waals surface area contributed by atoms with Crippen molar-refractivity contribution in [2.75, 3.05) is 0 Å². The van der Waals surface area contributed by atoms with Crippen LogP contribution in [-0.2, 0) is 0 Å². The Labute approximate surface area is 103 Å². The first-order valence-electron chi connectivity index (χ1n) is 5.13. The van der Waals surface area contributed by atoms with Crippen molar-refractivity contribution in [1.29, 1.82) is 0 Å². The summed E-state index contributed by atoms with van der Waals surface area (Å²) in [6, 6.07) is 7.63. The molecule has 1 atom stereocenters. The van der Waals surface area contributed by atoms with E-state index in [9.17, 15) is 4.79 Å². The van der Waals surface area contributed by atoms with Gasteiger partial charge in [-0.15, -0.1) is 11.3 Å². The van der Waals surface area contributed by atoms with E-state index in [4.69, 9.17) is 10.8 Å². The van der Waals surface area contributed by atoms with Crippen molar-refractivity contribution < 1.29 is 9.90 Å². The first kappa shape index (κ1) is 11.8. The smallest absolute Gasteiger partial charge is 0.347 e. The summed E-state index contributed by atoms with van der Waals surface area (Å²) in [6.45, 7) is 1.91. The van der Waals surface area contributed by atoms with E-state index in [1.807, 2.05) is 31.2 Å². The van der Waals surface area contributed by atoms with Crippen LogP contribution in [0, 0.1) is 0 Å². The number of carboxylic acid groups (broad SMARTS) is 1. The lowest BCUT2D eigenvalue weighted by Gasteiger charge is -2.06. The van der Waals surface area contributed by atoms with Crippen molar-refractivity contribution in [2.24, 2.45) is 5.73 Å². The Morgan fingerprint density at radius 1 is 1.53 bits per heavy atom. The fraction of sp³-hybridized carbons (Fsp3) is 0.167. The molecule has 0 unspecified atom stereocenters. The van der Waals surface area contributed by atoms with Crippen LogP contribution in [0.1, 0.15) is 28.2 Å². The summed E-state index contributed by atoms with van der Waals surface area (Å²) in [5, 5.41) is 9.54. The van der Waals surface area contributed by atoms with Gasteiger partial charge in [-0.1, -0.05) is 18.2 Å². The zero-order chi connectivity index (χ0) is 12.4. The molecule has 0 aliphatic rings. The van der Waals surface area contributed by atoms with Gasteiger partial charge in [0, 0.05) is 11.6 Å². The quantitative estimate of drug-likeness (QED) is 0.875. The van der Waals surface area contributed by atoms with E-state index in [-0.39, 0.29) is 10.9 Å². The number of carbonyl (C=O) groups is 1. The summed E-state index contributed by atoms with van der Waals surface area (Å²) in [7, 11) is 0. The first-order valence-corrected chi connectivity index (χ1v) is 5.94. The highest BCUT2D eigenvalue weighted by Gasteiger charge is 2.10. The van der Waals surface area contributed by atoms with E-state index in [1.165, 1.54) is 6.20 Å². The molecule has 2 aromatic rings. The van der Waals surface area contributed by atoms with Crippen molar-refractivity contribution in [3.8, 4) is 10.6 Å². The highest BCUT2D eigenvalue weighted by atomic mass is 32.1. The van der Waals surface area contributed by atoms with Crippen molar-refractivity contribution in [3.63, 3.8) is 0 Å². The molecule has 0 radical (unpaired) electrons. The van der Waals surface area contributed by atoms with Gasteiger partial charge in [0.05, 0.1) is 6.20 Å². The number of carboxylic acids is 1. The third-order valence-corrected chi connectivity index (χ3v) is 3.41. The van der Waals surface area contributed by atoms with Crippen LogP contribution in [-0.4, -0.2) is 16.1 Å². The van der Waals surface area contributed by atoms with Gasteiger partial charge in [0.25, 0.3) is 0 Å². The van der Waals surface area contributed by atoms with Crippen LogP contribution in [0.2, 0.25) is 0 Å². The van der Waals surface area contributed by atoms with Gasteiger partial charge in [-0.05, 0) is 18.6 Å². The second-order valence-corrected chi connectivity index (χ2v) is 4.78. The van der Waals surface area contributed by atoms with E-state index in [2.05, 4.69) is 4.98 Å². The Balaban J connectivity index is 2.38. The van der Waals surface area contributed by atoms with Crippen molar-refractivity contribution in [3.05, 3.63) is 40.9 Å². The number of aromatic nitrogens is 1. The van der Waals surface area contributed by atoms with Crippen molar-refractivity contribution in [2.45, 2.75) is 13.0 Å². The maximum absolute atomic E-state index is 10.8. The minimum Gasteiger partial charge on any atom is -0.477 e. The first-order chi connectivity index (χ1) is 8.08. The Hall–Kier alpha value is -1.72. The monoisotopic (exact) mass is 248 g/mol. The van der Waals surface area contributed by atoms with Gasteiger partial charge in [0.2, 0.25) is 0 Å².